The lowest BCUT2D eigenvalue weighted by Gasteiger charge is -2.24. The molecule has 1 aliphatic carbocycles. The molecule has 182 valence electrons. The van der Waals surface area contributed by atoms with E-state index >= 15 is 0 Å². The summed E-state index contributed by atoms with van der Waals surface area (Å²) in [7, 11) is 0. The molecule has 0 saturated heterocycles. The molecule has 3 aromatic heterocycles. The number of benzene rings is 2. The molecule has 4 nitrogen and oxygen atoms in total. The maximum absolute atomic E-state index is 5.27. The van der Waals surface area contributed by atoms with Crippen LogP contribution in [0.5, 0.6) is 0 Å². The van der Waals surface area contributed by atoms with Crippen molar-refractivity contribution in [2.45, 2.75) is 59.0 Å². The van der Waals surface area contributed by atoms with Crippen molar-refractivity contribution in [2.75, 3.05) is 4.90 Å². The molecule has 0 spiro atoms. The molecule has 0 atom stereocenters. The van der Waals surface area contributed by atoms with E-state index in [1.165, 1.54) is 46.2 Å². The van der Waals surface area contributed by atoms with Gasteiger partial charge >= 0.3 is 0 Å². The van der Waals surface area contributed by atoms with Crippen molar-refractivity contribution in [3.8, 4) is 0 Å². The molecule has 1 aliphatic rings. The number of hydrogen-bond donors (Lipinski definition) is 0. The number of anilines is 1. The van der Waals surface area contributed by atoms with Gasteiger partial charge in [0.2, 0.25) is 0 Å². The van der Waals surface area contributed by atoms with E-state index in [1.807, 2.05) is 0 Å². The lowest BCUT2D eigenvalue weighted by molar-refractivity contribution is 0.615. The minimum absolute atomic E-state index is 0.595. The SMILES string of the molecule is CC(C)Cc1nc2sc3c(N(Cc4ccccc4)Cc4ccccc4)ncnc3c2c2c1CCCC2. The Bertz CT molecular complexity index is 1450. The molecule has 5 heteroatoms. The lowest BCUT2D eigenvalue weighted by Crippen LogP contribution is -2.23. The third-order valence-electron chi connectivity index (χ3n) is 7.12. The Morgan fingerprint density at radius 2 is 1.47 bits per heavy atom. The number of hydrogen-bond acceptors (Lipinski definition) is 5. The summed E-state index contributed by atoms with van der Waals surface area (Å²) in [5, 5.41) is 1.28. The van der Waals surface area contributed by atoms with Crippen LogP contribution in [0.1, 0.15) is 54.6 Å². The average molecular weight is 493 g/mol. The van der Waals surface area contributed by atoms with Crippen molar-refractivity contribution < 1.29 is 0 Å². The number of nitrogens with zero attached hydrogens (tertiary/aromatic N) is 4. The maximum Gasteiger partial charge on any atom is 0.150 e. The minimum Gasteiger partial charge on any atom is -0.347 e. The van der Waals surface area contributed by atoms with E-state index in [0.717, 1.165) is 53.2 Å². The van der Waals surface area contributed by atoms with Crippen LogP contribution < -0.4 is 4.90 Å². The molecule has 0 bridgehead atoms. The quantitative estimate of drug-likeness (QED) is 0.236. The first-order valence-corrected chi connectivity index (χ1v) is 13.9. The molecule has 0 N–H and O–H groups in total. The normalized spacial score (nSPS) is 13.4. The van der Waals surface area contributed by atoms with Gasteiger partial charge in [0.15, 0.2) is 5.82 Å². The van der Waals surface area contributed by atoms with Gasteiger partial charge in [0.1, 0.15) is 11.2 Å². The van der Waals surface area contributed by atoms with E-state index in [0.29, 0.717) is 5.92 Å². The van der Waals surface area contributed by atoms with Crippen molar-refractivity contribution in [3.05, 3.63) is 94.9 Å². The fourth-order valence-electron chi connectivity index (χ4n) is 5.52. The molecule has 0 radical (unpaired) electrons. The molecule has 0 saturated carbocycles. The first-order valence-electron chi connectivity index (χ1n) is 13.1. The Labute approximate surface area is 217 Å². The van der Waals surface area contributed by atoms with Crippen LogP contribution >= 0.6 is 11.3 Å². The van der Waals surface area contributed by atoms with Crippen LogP contribution in [0.3, 0.4) is 0 Å². The molecule has 0 amide bonds. The second-order valence-electron chi connectivity index (χ2n) is 10.3. The Morgan fingerprint density at radius 3 is 2.11 bits per heavy atom. The fourth-order valence-corrected chi connectivity index (χ4v) is 6.72. The van der Waals surface area contributed by atoms with Gasteiger partial charge in [0.05, 0.1) is 10.2 Å². The lowest BCUT2D eigenvalue weighted by atomic mass is 9.87. The van der Waals surface area contributed by atoms with Gasteiger partial charge in [0, 0.05) is 24.2 Å². The molecule has 0 aliphatic heterocycles. The predicted molar refractivity (Wildman–Crippen MR) is 151 cm³/mol. The molecule has 3 heterocycles. The monoisotopic (exact) mass is 492 g/mol. The molecule has 0 fully saturated rings. The molecule has 0 unspecified atom stereocenters. The first-order chi connectivity index (χ1) is 17.7. The third-order valence-corrected chi connectivity index (χ3v) is 8.19. The van der Waals surface area contributed by atoms with E-state index < -0.39 is 0 Å². The second kappa shape index (κ2) is 9.98. The summed E-state index contributed by atoms with van der Waals surface area (Å²) in [6.07, 6.45) is 7.57. The van der Waals surface area contributed by atoms with E-state index in [-0.39, 0.29) is 0 Å². The smallest absolute Gasteiger partial charge is 0.150 e. The summed E-state index contributed by atoms with van der Waals surface area (Å²) in [5.41, 5.74) is 7.92. The number of pyridine rings is 1. The predicted octanol–water partition coefficient (Wildman–Crippen LogP) is 7.52. The Hall–Kier alpha value is -3.31. The molecule has 2 aromatic carbocycles. The van der Waals surface area contributed by atoms with Gasteiger partial charge in [-0.1, -0.05) is 74.5 Å². The standard InChI is InChI=1S/C31H32N4S/c1-21(2)17-26-24-15-9-10-16-25(24)27-28-29(36-31(27)34-26)30(33-20-32-28)35(18-22-11-5-3-6-12-22)19-23-13-7-4-8-14-23/h3-8,11-14,20-21H,9-10,15-19H2,1-2H3. The van der Waals surface area contributed by atoms with Crippen LogP contribution in [-0.2, 0) is 32.4 Å². The van der Waals surface area contributed by atoms with Crippen LogP contribution in [0.4, 0.5) is 5.82 Å². The maximum atomic E-state index is 5.27. The Balaban J connectivity index is 1.52. The Morgan fingerprint density at radius 1 is 0.833 bits per heavy atom. The van der Waals surface area contributed by atoms with Crippen LogP contribution in [0.15, 0.2) is 67.0 Å². The van der Waals surface area contributed by atoms with Crippen molar-refractivity contribution in [1.82, 2.24) is 15.0 Å². The topological polar surface area (TPSA) is 41.9 Å². The van der Waals surface area contributed by atoms with Gasteiger partial charge in [-0.3, -0.25) is 0 Å². The molecule has 36 heavy (non-hydrogen) atoms. The number of fused-ring (bicyclic) bond motifs is 5. The van der Waals surface area contributed by atoms with Gasteiger partial charge in [-0.25, -0.2) is 15.0 Å². The van der Waals surface area contributed by atoms with E-state index in [4.69, 9.17) is 15.0 Å². The summed E-state index contributed by atoms with van der Waals surface area (Å²) in [6.45, 7) is 6.17. The molecular formula is C31H32N4S. The highest BCUT2D eigenvalue weighted by molar-refractivity contribution is 7.26. The van der Waals surface area contributed by atoms with Gasteiger partial charge in [-0.15, -0.1) is 11.3 Å². The highest BCUT2D eigenvalue weighted by atomic mass is 32.1. The van der Waals surface area contributed by atoms with E-state index in [9.17, 15) is 0 Å². The zero-order chi connectivity index (χ0) is 24.5. The molecule has 6 rings (SSSR count). The highest BCUT2D eigenvalue weighted by Crippen LogP contribution is 2.42. The molecular weight excluding hydrogens is 460 g/mol. The van der Waals surface area contributed by atoms with Gasteiger partial charge in [-0.2, -0.15) is 0 Å². The van der Waals surface area contributed by atoms with E-state index in [2.05, 4.69) is 79.4 Å². The van der Waals surface area contributed by atoms with Crippen LogP contribution in [-0.4, -0.2) is 15.0 Å². The largest absolute Gasteiger partial charge is 0.347 e. The third kappa shape index (κ3) is 4.48. The second-order valence-corrected chi connectivity index (χ2v) is 11.3. The van der Waals surface area contributed by atoms with Crippen LogP contribution in [0.2, 0.25) is 0 Å². The zero-order valence-electron chi connectivity index (χ0n) is 21.1. The van der Waals surface area contributed by atoms with Crippen LogP contribution in [0.25, 0.3) is 20.4 Å². The zero-order valence-corrected chi connectivity index (χ0v) is 21.9. The van der Waals surface area contributed by atoms with Gasteiger partial charge < -0.3 is 4.90 Å². The van der Waals surface area contributed by atoms with E-state index in [1.54, 1.807) is 17.7 Å². The fraction of sp³-hybridized carbons (Fsp3) is 0.323. The van der Waals surface area contributed by atoms with Crippen molar-refractivity contribution >= 4 is 37.6 Å². The average Bonchev–Trinajstić information content (AvgIpc) is 3.28. The van der Waals surface area contributed by atoms with Crippen molar-refractivity contribution in [3.63, 3.8) is 0 Å². The van der Waals surface area contributed by atoms with Crippen LogP contribution in [0, 0.1) is 5.92 Å². The van der Waals surface area contributed by atoms with Crippen molar-refractivity contribution in [2.24, 2.45) is 5.92 Å². The number of thiophene rings is 1. The highest BCUT2D eigenvalue weighted by Gasteiger charge is 2.25. The van der Waals surface area contributed by atoms with Gasteiger partial charge in [-0.05, 0) is 60.3 Å². The minimum atomic E-state index is 0.595. The summed E-state index contributed by atoms with van der Waals surface area (Å²) >= 11 is 1.77. The number of rotatable bonds is 7. The first kappa shape index (κ1) is 23.1. The number of aromatic nitrogens is 3. The summed E-state index contributed by atoms with van der Waals surface area (Å²) in [5.74, 6) is 1.60. The Kier molecular flexibility index (Phi) is 6.41. The summed E-state index contributed by atoms with van der Waals surface area (Å²) in [4.78, 5) is 18.5. The van der Waals surface area contributed by atoms with Crippen molar-refractivity contribution in [1.29, 1.82) is 0 Å². The number of aryl methyl sites for hydroxylation is 1. The molecule has 5 aromatic rings. The summed E-state index contributed by atoms with van der Waals surface area (Å²) in [6, 6.07) is 21.3. The van der Waals surface area contributed by atoms with Gasteiger partial charge in [0.25, 0.3) is 0 Å². The summed E-state index contributed by atoms with van der Waals surface area (Å²) < 4.78 is 1.15.